The van der Waals surface area contributed by atoms with Crippen LogP contribution in [-0.4, -0.2) is 4.98 Å². The van der Waals surface area contributed by atoms with Crippen molar-refractivity contribution in [2.45, 2.75) is 12.4 Å². The number of nitrogens with zero attached hydrogens (tertiary/aromatic N) is 1. The lowest BCUT2D eigenvalue weighted by atomic mass is 10.6. The van der Waals surface area contributed by atoms with Gasteiger partial charge in [0.05, 0.1) is 11.6 Å². The van der Waals surface area contributed by atoms with Crippen molar-refractivity contribution < 1.29 is 0 Å². The average Bonchev–Trinajstić information content (AvgIpc) is 2.34. The van der Waals surface area contributed by atoms with E-state index < -0.39 is 0 Å². The monoisotopic (exact) mass is 162 g/mol. The molecule has 50 valence electrons. The van der Waals surface area contributed by atoms with Crippen molar-refractivity contribution in [2.24, 2.45) is 5.73 Å². The minimum atomic E-state index is 0.483. The van der Waals surface area contributed by atoms with Crippen LogP contribution in [0, 0.1) is 0 Å². The maximum Gasteiger partial charge on any atom is 0.106 e. The maximum absolute atomic E-state index is 5.50. The largest absolute Gasteiger partial charge is 0.325 e. The van der Waals surface area contributed by atoms with Crippen LogP contribution in [0.1, 0.15) is 10.7 Å². The molecule has 9 heavy (non-hydrogen) atoms. The molecule has 0 aliphatic heterocycles. The Bertz CT molecular complexity index is 168. The maximum atomic E-state index is 5.50. The highest BCUT2D eigenvalue weighted by Gasteiger charge is 1.96. The Kier molecular flexibility index (Phi) is 2.45. The molecular formula is C5H7ClN2S. The number of nitrogens with two attached hydrogens (primary N) is 1. The zero-order chi connectivity index (χ0) is 6.69. The van der Waals surface area contributed by atoms with Crippen LogP contribution < -0.4 is 5.73 Å². The lowest BCUT2D eigenvalue weighted by molar-refractivity contribution is 1.02. The van der Waals surface area contributed by atoms with E-state index in [-0.39, 0.29) is 0 Å². The molecular weight excluding hydrogens is 156 g/mol. The molecule has 1 aromatic rings. The van der Waals surface area contributed by atoms with Gasteiger partial charge in [0.15, 0.2) is 0 Å². The van der Waals surface area contributed by atoms with Gasteiger partial charge in [0.25, 0.3) is 0 Å². The van der Waals surface area contributed by atoms with Gasteiger partial charge in [0.2, 0.25) is 0 Å². The third-order valence-electron chi connectivity index (χ3n) is 0.911. The summed E-state index contributed by atoms with van der Waals surface area (Å²) in [6, 6.07) is 0. The van der Waals surface area contributed by atoms with E-state index in [0.717, 1.165) is 10.7 Å². The molecule has 2 nitrogen and oxygen atoms in total. The van der Waals surface area contributed by atoms with E-state index in [1.54, 1.807) is 11.3 Å². The standard InChI is InChI=1S/C5H7ClN2S/c6-1-4-3-9-5(2-7)8-4/h3H,1-2,7H2. The average molecular weight is 163 g/mol. The second-order valence-corrected chi connectivity index (χ2v) is 2.78. The molecule has 1 aromatic heterocycles. The van der Waals surface area contributed by atoms with E-state index in [2.05, 4.69) is 4.98 Å². The minimum Gasteiger partial charge on any atom is -0.325 e. The summed E-state index contributed by atoms with van der Waals surface area (Å²) >= 11 is 7.05. The molecule has 0 aromatic carbocycles. The van der Waals surface area contributed by atoms with Crippen molar-refractivity contribution in [1.29, 1.82) is 0 Å². The third-order valence-corrected chi connectivity index (χ3v) is 2.10. The number of hydrogen-bond donors (Lipinski definition) is 1. The predicted octanol–water partition coefficient (Wildman–Crippen LogP) is 1.34. The Labute approximate surface area is 62.7 Å². The number of hydrogen-bond acceptors (Lipinski definition) is 3. The van der Waals surface area contributed by atoms with Gasteiger partial charge in [0, 0.05) is 11.9 Å². The molecule has 0 atom stereocenters. The number of thiazole rings is 1. The second kappa shape index (κ2) is 3.15. The number of alkyl halides is 1. The van der Waals surface area contributed by atoms with E-state index in [0.29, 0.717) is 12.4 Å². The van der Waals surface area contributed by atoms with Crippen molar-refractivity contribution in [3.63, 3.8) is 0 Å². The Balaban J connectivity index is 2.74. The summed E-state index contributed by atoms with van der Waals surface area (Å²) in [6.07, 6.45) is 0. The van der Waals surface area contributed by atoms with Gasteiger partial charge in [-0.25, -0.2) is 4.98 Å². The molecule has 1 heterocycles. The molecule has 0 bridgehead atoms. The molecule has 0 unspecified atom stereocenters. The highest BCUT2D eigenvalue weighted by atomic mass is 35.5. The van der Waals surface area contributed by atoms with E-state index in [9.17, 15) is 0 Å². The Morgan fingerprint density at radius 3 is 2.89 bits per heavy atom. The molecule has 0 radical (unpaired) electrons. The molecule has 0 saturated carbocycles. The first-order valence-electron chi connectivity index (χ1n) is 2.56. The topological polar surface area (TPSA) is 38.9 Å². The van der Waals surface area contributed by atoms with Gasteiger partial charge in [0.1, 0.15) is 5.01 Å². The molecule has 0 saturated heterocycles. The van der Waals surface area contributed by atoms with Crippen molar-refractivity contribution >= 4 is 22.9 Å². The van der Waals surface area contributed by atoms with Gasteiger partial charge >= 0.3 is 0 Å². The highest BCUT2D eigenvalue weighted by Crippen LogP contribution is 2.09. The molecule has 2 N–H and O–H groups in total. The van der Waals surface area contributed by atoms with Crippen molar-refractivity contribution in [3.05, 3.63) is 16.1 Å². The molecule has 0 spiro atoms. The van der Waals surface area contributed by atoms with Gasteiger partial charge in [-0.05, 0) is 0 Å². The fourth-order valence-electron chi connectivity index (χ4n) is 0.504. The molecule has 0 amide bonds. The third kappa shape index (κ3) is 1.64. The number of halogens is 1. The molecule has 4 heteroatoms. The molecule has 0 aliphatic carbocycles. The van der Waals surface area contributed by atoms with E-state index in [1.807, 2.05) is 5.38 Å². The van der Waals surface area contributed by atoms with Crippen LogP contribution in [0.25, 0.3) is 0 Å². The number of aromatic nitrogens is 1. The SMILES string of the molecule is NCc1nc(CCl)cs1. The fraction of sp³-hybridized carbons (Fsp3) is 0.400. The lowest BCUT2D eigenvalue weighted by Crippen LogP contribution is -1.94. The second-order valence-electron chi connectivity index (χ2n) is 1.57. The molecule has 0 aliphatic rings. The van der Waals surface area contributed by atoms with Gasteiger partial charge in [-0.1, -0.05) is 0 Å². The molecule has 0 fully saturated rings. The summed E-state index contributed by atoms with van der Waals surface area (Å²) in [5.74, 6) is 0.483. The van der Waals surface area contributed by atoms with E-state index in [4.69, 9.17) is 17.3 Å². The summed E-state index contributed by atoms with van der Waals surface area (Å²) in [4.78, 5) is 4.11. The van der Waals surface area contributed by atoms with Crippen LogP contribution in [0.4, 0.5) is 0 Å². The smallest absolute Gasteiger partial charge is 0.106 e. The lowest BCUT2D eigenvalue weighted by Gasteiger charge is -1.82. The first-order chi connectivity index (χ1) is 4.36. The number of rotatable bonds is 2. The summed E-state index contributed by atoms with van der Waals surface area (Å²) < 4.78 is 0. The fourth-order valence-corrected chi connectivity index (χ4v) is 1.41. The van der Waals surface area contributed by atoms with E-state index in [1.165, 1.54) is 0 Å². The first kappa shape index (κ1) is 6.99. The van der Waals surface area contributed by atoms with Crippen LogP contribution in [0.2, 0.25) is 0 Å². The van der Waals surface area contributed by atoms with Crippen LogP contribution >= 0.6 is 22.9 Å². The van der Waals surface area contributed by atoms with Crippen LogP contribution in [0.3, 0.4) is 0 Å². The quantitative estimate of drug-likeness (QED) is 0.667. The Hall–Kier alpha value is -0.120. The Morgan fingerprint density at radius 1 is 1.78 bits per heavy atom. The Morgan fingerprint density at radius 2 is 2.56 bits per heavy atom. The van der Waals surface area contributed by atoms with Crippen molar-refractivity contribution in [2.75, 3.05) is 0 Å². The van der Waals surface area contributed by atoms with Crippen molar-refractivity contribution in [3.8, 4) is 0 Å². The van der Waals surface area contributed by atoms with Gasteiger partial charge < -0.3 is 5.73 Å². The van der Waals surface area contributed by atoms with Gasteiger partial charge in [-0.15, -0.1) is 22.9 Å². The zero-order valence-corrected chi connectivity index (χ0v) is 6.37. The minimum absolute atomic E-state index is 0.483. The van der Waals surface area contributed by atoms with Crippen LogP contribution in [-0.2, 0) is 12.4 Å². The first-order valence-corrected chi connectivity index (χ1v) is 3.97. The normalized spacial score (nSPS) is 10.0. The van der Waals surface area contributed by atoms with Crippen molar-refractivity contribution in [1.82, 2.24) is 4.98 Å². The van der Waals surface area contributed by atoms with E-state index >= 15 is 0 Å². The summed E-state index contributed by atoms with van der Waals surface area (Å²) in [5, 5.41) is 2.88. The van der Waals surface area contributed by atoms with Gasteiger partial charge in [-0.2, -0.15) is 0 Å². The highest BCUT2D eigenvalue weighted by molar-refractivity contribution is 7.09. The zero-order valence-electron chi connectivity index (χ0n) is 4.80. The summed E-state index contributed by atoms with van der Waals surface area (Å²) in [7, 11) is 0. The summed E-state index contributed by atoms with van der Waals surface area (Å²) in [5.41, 5.74) is 6.24. The van der Waals surface area contributed by atoms with Crippen LogP contribution in [0.15, 0.2) is 5.38 Å². The molecule has 1 rings (SSSR count). The van der Waals surface area contributed by atoms with Crippen LogP contribution in [0.5, 0.6) is 0 Å². The predicted molar refractivity (Wildman–Crippen MR) is 39.6 cm³/mol. The summed E-state index contributed by atoms with van der Waals surface area (Å²) in [6.45, 7) is 0.515. The van der Waals surface area contributed by atoms with Gasteiger partial charge in [-0.3, -0.25) is 0 Å².